The first-order valence-corrected chi connectivity index (χ1v) is 13.3. The number of esters is 2. The van der Waals surface area contributed by atoms with E-state index in [2.05, 4.69) is 14.8 Å². The number of nitrogens with zero attached hydrogens (tertiary/aromatic N) is 3. The number of halogens is 2. The third-order valence-corrected chi connectivity index (χ3v) is 7.64. The van der Waals surface area contributed by atoms with E-state index in [0.717, 1.165) is 25.0 Å². The standard InChI is InChI=1S/C23H30F2N3O9P/c1-5-34-38(31,35-6-2)23(24,25)12-17-18(33-13-16-10-8-7-9-11-16)19(36-15(3)29)21(37-17)28-14-26-20(27-28)22(30)32-4/h7-11,14,17-19,21H,5-6,12-13H2,1-4H3/t17-,18-,19-,21?/m1/s1. The van der Waals surface area contributed by atoms with Gasteiger partial charge in [-0.15, -0.1) is 5.10 Å². The average molecular weight is 561 g/mol. The van der Waals surface area contributed by atoms with Crippen molar-refractivity contribution >= 4 is 19.5 Å². The maximum Gasteiger partial charge on any atom is 0.399 e. The Morgan fingerprint density at radius 3 is 2.37 bits per heavy atom. The van der Waals surface area contributed by atoms with E-state index in [9.17, 15) is 14.2 Å². The van der Waals surface area contributed by atoms with Crippen molar-refractivity contribution in [3.05, 3.63) is 48.0 Å². The minimum atomic E-state index is -4.90. The number of carbonyl (C=O) groups excluding carboxylic acids is 2. The van der Waals surface area contributed by atoms with Gasteiger partial charge < -0.3 is 28.0 Å². The number of rotatable bonds is 13. The number of ether oxygens (including phenoxy) is 4. The number of alkyl halides is 2. The van der Waals surface area contributed by atoms with E-state index in [1.165, 1.54) is 13.8 Å². The van der Waals surface area contributed by atoms with Crippen LogP contribution in [0.2, 0.25) is 0 Å². The fourth-order valence-corrected chi connectivity index (χ4v) is 5.41. The zero-order valence-electron chi connectivity index (χ0n) is 21.3. The summed E-state index contributed by atoms with van der Waals surface area (Å²) < 4.78 is 76.5. The first kappa shape index (κ1) is 29.8. The van der Waals surface area contributed by atoms with Crippen LogP contribution in [0, 0.1) is 0 Å². The Kier molecular flexibility index (Phi) is 10.1. The summed E-state index contributed by atoms with van der Waals surface area (Å²) in [6.07, 6.45) is -5.39. The molecule has 1 aliphatic rings. The van der Waals surface area contributed by atoms with Crippen molar-refractivity contribution < 1.29 is 50.9 Å². The van der Waals surface area contributed by atoms with Gasteiger partial charge in [-0.2, -0.15) is 8.78 Å². The monoisotopic (exact) mass is 561 g/mol. The molecule has 0 aliphatic carbocycles. The molecule has 0 spiro atoms. The minimum absolute atomic E-state index is 0.0409. The second-order valence-corrected chi connectivity index (χ2v) is 10.3. The highest BCUT2D eigenvalue weighted by atomic mass is 31.2. The summed E-state index contributed by atoms with van der Waals surface area (Å²) in [6.45, 7) is 3.36. The zero-order chi connectivity index (χ0) is 27.9. The molecule has 12 nitrogen and oxygen atoms in total. The fourth-order valence-electron chi connectivity index (χ4n) is 3.87. The third kappa shape index (κ3) is 6.80. The van der Waals surface area contributed by atoms with Crippen molar-refractivity contribution in [1.82, 2.24) is 14.8 Å². The van der Waals surface area contributed by atoms with Crippen molar-refractivity contribution in [3.63, 3.8) is 0 Å². The molecule has 2 heterocycles. The van der Waals surface area contributed by atoms with Crippen molar-refractivity contribution in [2.75, 3.05) is 20.3 Å². The Morgan fingerprint density at radius 2 is 1.79 bits per heavy atom. The molecular formula is C23H30F2N3O9P. The molecule has 3 rings (SSSR count). The fraction of sp³-hybridized carbons (Fsp3) is 0.565. The highest BCUT2D eigenvalue weighted by molar-refractivity contribution is 7.55. The molecule has 1 fully saturated rings. The second kappa shape index (κ2) is 12.9. The van der Waals surface area contributed by atoms with Crippen LogP contribution >= 0.6 is 7.60 Å². The smallest absolute Gasteiger partial charge is 0.399 e. The normalized spacial score (nSPS) is 21.8. The maximum absolute atomic E-state index is 15.5. The molecule has 1 aromatic carbocycles. The summed E-state index contributed by atoms with van der Waals surface area (Å²) in [4.78, 5) is 27.7. The van der Waals surface area contributed by atoms with Crippen LogP contribution < -0.4 is 0 Å². The van der Waals surface area contributed by atoms with Crippen LogP contribution in [-0.4, -0.2) is 71.0 Å². The summed E-state index contributed by atoms with van der Waals surface area (Å²) in [5.41, 5.74) is -3.28. The number of hydrogen-bond donors (Lipinski definition) is 0. The molecule has 1 aromatic heterocycles. The van der Waals surface area contributed by atoms with Crippen LogP contribution in [0.4, 0.5) is 8.78 Å². The minimum Gasteiger partial charge on any atom is -0.463 e. The van der Waals surface area contributed by atoms with E-state index >= 15 is 8.78 Å². The van der Waals surface area contributed by atoms with Crippen molar-refractivity contribution in [2.45, 2.75) is 64.0 Å². The summed E-state index contributed by atoms with van der Waals surface area (Å²) >= 11 is 0. The van der Waals surface area contributed by atoms with E-state index in [1.54, 1.807) is 30.3 Å². The molecule has 1 unspecified atom stereocenters. The van der Waals surface area contributed by atoms with Crippen molar-refractivity contribution in [3.8, 4) is 0 Å². The van der Waals surface area contributed by atoms with Crippen LogP contribution in [0.1, 0.15) is 49.6 Å². The van der Waals surface area contributed by atoms with Gasteiger partial charge in [0.1, 0.15) is 12.4 Å². The summed E-state index contributed by atoms with van der Waals surface area (Å²) in [7, 11) is -3.77. The molecule has 0 saturated carbocycles. The highest BCUT2D eigenvalue weighted by Crippen LogP contribution is 2.64. The Balaban J connectivity index is 1.98. The van der Waals surface area contributed by atoms with Crippen LogP contribution in [0.3, 0.4) is 0 Å². The Morgan fingerprint density at radius 1 is 1.13 bits per heavy atom. The van der Waals surface area contributed by atoms with Gasteiger partial charge in [0, 0.05) is 6.92 Å². The predicted octanol–water partition coefficient (Wildman–Crippen LogP) is 3.73. The molecule has 1 saturated heterocycles. The molecule has 0 N–H and O–H groups in total. The second-order valence-electron chi connectivity index (χ2n) is 8.14. The molecule has 210 valence electrons. The Bertz CT molecular complexity index is 1120. The van der Waals surface area contributed by atoms with Crippen LogP contribution in [0.15, 0.2) is 36.7 Å². The number of methoxy groups -OCH3 is 1. The lowest BCUT2D eigenvalue weighted by atomic mass is 10.1. The molecule has 15 heteroatoms. The van der Waals surface area contributed by atoms with Crippen molar-refractivity contribution in [2.24, 2.45) is 0 Å². The van der Waals surface area contributed by atoms with E-state index < -0.39 is 56.2 Å². The molecule has 0 radical (unpaired) electrons. The van der Waals surface area contributed by atoms with Gasteiger partial charge in [0.05, 0.1) is 39.5 Å². The summed E-state index contributed by atoms with van der Waals surface area (Å²) in [5, 5.41) is 3.98. The van der Waals surface area contributed by atoms with Gasteiger partial charge in [-0.1, -0.05) is 30.3 Å². The molecular weight excluding hydrogens is 531 g/mol. The lowest BCUT2D eigenvalue weighted by molar-refractivity contribution is -0.158. The van der Waals surface area contributed by atoms with Gasteiger partial charge in [0.25, 0.3) is 5.82 Å². The van der Waals surface area contributed by atoms with Gasteiger partial charge >= 0.3 is 25.2 Å². The topological polar surface area (TPSA) is 137 Å². The quantitative estimate of drug-likeness (QED) is 0.261. The van der Waals surface area contributed by atoms with Crippen LogP contribution in [-0.2, 0) is 44.0 Å². The molecule has 0 bridgehead atoms. The third-order valence-electron chi connectivity index (χ3n) is 5.46. The Hall–Kier alpha value is -2.77. The average Bonchev–Trinajstić information content (AvgIpc) is 3.48. The van der Waals surface area contributed by atoms with Gasteiger partial charge in [0.2, 0.25) is 0 Å². The van der Waals surface area contributed by atoms with Gasteiger partial charge in [-0.25, -0.2) is 14.5 Å². The molecule has 38 heavy (non-hydrogen) atoms. The predicted molar refractivity (Wildman–Crippen MR) is 126 cm³/mol. The lowest BCUT2D eigenvalue weighted by Crippen LogP contribution is -2.40. The molecule has 4 atom stereocenters. The van der Waals surface area contributed by atoms with Crippen molar-refractivity contribution in [1.29, 1.82) is 0 Å². The maximum atomic E-state index is 15.5. The number of hydrogen-bond acceptors (Lipinski definition) is 11. The van der Waals surface area contributed by atoms with E-state index in [-0.39, 0.29) is 25.6 Å². The van der Waals surface area contributed by atoms with Crippen LogP contribution in [0.25, 0.3) is 0 Å². The molecule has 0 amide bonds. The number of benzene rings is 1. The molecule has 2 aromatic rings. The first-order valence-electron chi connectivity index (χ1n) is 11.8. The number of carbonyl (C=O) groups is 2. The zero-order valence-corrected chi connectivity index (χ0v) is 22.2. The lowest BCUT2D eigenvalue weighted by Gasteiger charge is -2.29. The van der Waals surface area contributed by atoms with E-state index in [4.69, 9.17) is 23.3 Å². The van der Waals surface area contributed by atoms with Gasteiger partial charge in [-0.3, -0.25) is 9.36 Å². The van der Waals surface area contributed by atoms with Gasteiger partial charge in [0.15, 0.2) is 12.3 Å². The SMILES string of the molecule is CCOP(=O)(OCC)C(F)(F)C[C@H]1OC(n2cnc(C(=O)OC)n2)[C@H](OC(C)=O)[C@@H]1OCc1ccccc1. The summed E-state index contributed by atoms with van der Waals surface area (Å²) in [5.74, 6) is -1.92. The highest BCUT2D eigenvalue weighted by Gasteiger charge is 2.59. The largest absolute Gasteiger partial charge is 0.463 e. The van der Waals surface area contributed by atoms with Gasteiger partial charge in [-0.05, 0) is 19.4 Å². The first-order chi connectivity index (χ1) is 18.0. The summed E-state index contributed by atoms with van der Waals surface area (Å²) in [6, 6.07) is 8.86. The van der Waals surface area contributed by atoms with E-state index in [1.807, 2.05) is 0 Å². The van der Waals surface area contributed by atoms with Crippen LogP contribution in [0.5, 0.6) is 0 Å². The Labute approximate surface area is 218 Å². The number of aromatic nitrogens is 3. The molecule has 1 aliphatic heterocycles. The van der Waals surface area contributed by atoms with E-state index in [0.29, 0.717) is 5.56 Å².